The number of nitrogens with zero attached hydrogens (tertiary/aromatic N) is 5. The number of anilines is 2. The van der Waals surface area contributed by atoms with E-state index >= 15 is 0 Å². The Morgan fingerprint density at radius 2 is 1.95 bits per heavy atom. The zero-order valence-electron chi connectivity index (χ0n) is 20.2. The largest absolute Gasteiger partial charge is 0.387 e. The van der Waals surface area contributed by atoms with Gasteiger partial charge in [-0.3, -0.25) is 10.1 Å². The van der Waals surface area contributed by atoms with Crippen molar-refractivity contribution in [2.45, 2.75) is 23.2 Å². The van der Waals surface area contributed by atoms with E-state index in [-0.39, 0.29) is 23.8 Å². The number of hydrogen-bond acceptors (Lipinski definition) is 12. The highest BCUT2D eigenvalue weighted by Crippen LogP contribution is 2.26. The molecule has 2 N–H and O–H groups in total. The van der Waals surface area contributed by atoms with Crippen LogP contribution in [0.5, 0.6) is 0 Å². The number of aromatic nitrogens is 4. The first-order chi connectivity index (χ1) is 18.4. The number of carbonyl (C=O) groups excluding carboxylic acids is 1. The van der Waals surface area contributed by atoms with Crippen LogP contribution in [0.3, 0.4) is 0 Å². The summed E-state index contributed by atoms with van der Waals surface area (Å²) in [5.74, 6) is 0.470. The number of benzene rings is 1. The van der Waals surface area contributed by atoms with Crippen molar-refractivity contribution in [2.24, 2.45) is 5.16 Å². The zero-order chi connectivity index (χ0) is 26.5. The lowest BCUT2D eigenvalue weighted by molar-refractivity contribution is -0.110. The maximum atomic E-state index is 13.3. The highest BCUT2D eigenvalue weighted by atomic mass is 32.2. The van der Waals surface area contributed by atoms with Gasteiger partial charge in [-0.25, -0.2) is 28.4 Å². The minimum Gasteiger partial charge on any atom is -0.387 e. The van der Waals surface area contributed by atoms with E-state index in [1.807, 2.05) is 0 Å². The fourth-order valence-electron chi connectivity index (χ4n) is 3.70. The molecule has 4 aromatic rings. The lowest BCUT2D eigenvalue weighted by Crippen LogP contribution is -2.25. The summed E-state index contributed by atoms with van der Waals surface area (Å²) in [6.07, 6.45) is 3.58. The Labute approximate surface area is 222 Å². The number of sulfone groups is 1. The molecule has 5 rings (SSSR count). The Morgan fingerprint density at radius 1 is 1.16 bits per heavy atom. The van der Waals surface area contributed by atoms with Crippen molar-refractivity contribution in [1.29, 1.82) is 0 Å². The average molecular weight is 554 g/mol. The molecule has 14 heteroatoms. The maximum Gasteiger partial charge on any atom is 0.280 e. The van der Waals surface area contributed by atoms with Gasteiger partial charge in [-0.15, -0.1) is 0 Å². The lowest BCUT2D eigenvalue weighted by atomic mass is 10.1. The standard InChI is InChI=1S/C24H23N7O5S2/c1-25-19-8-7-18-23(29-19)37-24(28-18)30-22(32)21(31-36-14-20-26-10-2-11-27-20)15-3-5-16(6-4-15)38(33,34)17-9-12-35-13-17/h2-8,10-11,17H,9,12-14H2,1H3,(H,25,29)(H,28,30,32)/t17-/m0/s1. The van der Waals surface area contributed by atoms with Crippen molar-refractivity contribution in [1.82, 2.24) is 19.9 Å². The molecule has 0 bridgehead atoms. The minimum absolute atomic E-state index is 0.0659. The van der Waals surface area contributed by atoms with Gasteiger partial charge >= 0.3 is 0 Å². The van der Waals surface area contributed by atoms with Crippen molar-refractivity contribution >= 4 is 54.1 Å². The Morgan fingerprint density at radius 3 is 2.66 bits per heavy atom. The molecule has 12 nitrogen and oxygen atoms in total. The SMILES string of the molecule is CNc1ccc2nc(NC(=O)C(=NOCc3ncccn3)c3ccc(S(=O)(=O)[C@H]4CCOC4)cc3)sc2n1. The molecule has 38 heavy (non-hydrogen) atoms. The first kappa shape index (κ1) is 25.6. The summed E-state index contributed by atoms with van der Waals surface area (Å²) in [6.45, 7) is 0.518. The van der Waals surface area contributed by atoms with Crippen LogP contribution in [-0.2, 0) is 30.8 Å². The van der Waals surface area contributed by atoms with Gasteiger partial charge in [0.05, 0.1) is 16.8 Å². The number of nitrogens with one attached hydrogen (secondary N) is 2. The second-order valence-corrected chi connectivity index (χ2v) is 11.4. The lowest BCUT2D eigenvalue weighted by Gasteiger charge is -2.11. The van der Waals surface area contributed by atoms with E-state index in [9.17, 15) is 13.2 Å². The van der Waals surface area contributed by atoms with Crippen LogP contribution >= 0.6 is 11.3 Å². The zero-order valence-corrected chi connectivity index (χ0v) is 21.8. The van der Waals surface area contributed by atoms with E-state index < -0.39 is 21.0 Å². The quantitative estimate of drug-likeness (QED) is 0.233. The van der Waals surface area contributed by atoms with Gasteiger partial charge in [0.1, 0.15) is 16.2 Å². The smallest absolute Gasteiger partial charge is 0.280 e. The number of rotatable bonds is 9. The van der Waals surface area contributed by atoms with E-state index in [1.54, 1.807) is 37.6 Å². The van der Waals surface area contributed by atoms with Gasteiger partial charge in [0.25, 0.3) is 5.91 Å². The first-order valence-corrected chi connectivity index (χ1v) is 13.9. The van der Waals surface area contributed by atoms with E-state index in [2.05, 4.69) is 35.7 Å². The summed E-state index contributed by atoms with van der Waals surface area (Å²) in [4.78, 5) is 36.5. The minimum atomic E-state index is -3.56. The van der Waals surface area contributed by atoms with Crippen molar-refractivity contribution < 1.29 is 22.8 Å². The molecule has 0 radical (unpaired) electrons. The second-order valence-electron chi connectivity index (χ2n) is 8.18. The summed E-state index contributed by atoms with van der Waals surface area (Å²) >= 11 is 1.21. The van der Waals surface area contributed by atoms with Gasteiger partial charge in [0.2, 0.25) is 0 Å². The number of carbonyl (C=O) groups is 1. The topological polar surface area (TPSA) is 158 Å². The first-order valence-electron chi connectivity index (χ1n) is 11.6. The Bertz CT molecular complexity index is 1570. The molecular formula is C24H23N7O5S2. The summed E-state index contributed by atoms with van der Waals surface area (Å²) in [5, 5.41) is 9.48. The van der Waals surface area contributed by atoms with Crippen molar-refractivity contribution in [3.63, 3.8) is 0 Å². The molecular weight excluding hydrogens is 530 g/mol. The van der Waals surface area contributed by atoms with Crippen LogP contribution in [0.15, 0.2) is 64.9 Å². The van der Waals surface area contributed by atoms with Crippen LogP contribution in [-0.4, -0.2) is 65.5 Å². The molecule has 1 saturated heterocycles. The van der Waals surface area contributed by atoms with Gasteiger partial charge in [-0.05, 0) is 36.8 Å². The summed E-state index contributed by atoms with van der Waals surface area (Å²) in [6, 6.07) is 11.2. The van der Waals surface area contributed by atoms with Gasteiger partial charge in [0, 0.05) is 31.6 Å². The third-order valence-electron chi connectivity index (χ3n) is 5.70. The Hall–Kier alpha value is -4.01. The summed E-state index contributed by atoms with van der Waals surface area (Å²) in [5.41, 5.74) is 0.915. The van der Waals surface area contributed by atoms with E-state index in [1.165, 1.54) is 35.6 Å². The number of pyridine rings is 1. The van der Waals surface area contributed by atoms with Crippen molar-refractivity contribution in [3.05, 3.63) is 66.2 Å². The molecule has 0 saturated carbocycles. The van der Waals surface area contributed by atoms with Gasteiger partial charge in [0.15, 0.2) is 33.1 Å². The average Bonchev–Trinajstić information content (AvgIpc) is 3.62. The fraction of sp³-hybridized carbons (Fsp3) is 0.250. The van der Waals surface area contributed by atoms with Crippen LogP contribution in [0.4, 0.5) is 10.9 Å². The number of ether oxygens (including phenoxy) is 1. The Kier molecular flexibility index (Phi) is 7.53. The molecule has 0 spiro atoms. The molecule has 1 atom stereocenters. The van der Waals surface area contributed by atoms with Crippen LogP contribution in [0.2, 0.25) is 0 Å². The second kappa shape index (κ2) is 11.2. The normalized spacial score (nSPS) is 15.9. The van der Waals surface area contributed by atoms with Crippen LogP contribution < -0.4 is 10.6 Å². The third kappa shape index (κ3) is 5.61. The third-order valence-corrected chi connectivity index (χ3v) is 8.76. The maximum absolute atomic E-state index is 13.3. The van der Waals surface area contributed by atoms with Crippen molar-refractivity contribution in [2.75, 3.05) is 30.9 Å². The number of amides is 1. The molecule has 1 fully saturated rings. The van der Waals surface area contributed by atoms with Crippen LogP contribution in [0.25, 0.3) is 10.3 Å². The molecule has 0 aliphatic carbocycles. The van der Waals surface area contributed by atoms with E-state index in [0.717, 1.165) is 0 Å². The monoisotopic (exact) mass is 553 g/mol. The predicted octanol–water partition coefficient (Wildman–Crippen LogP) is 2.65. The fourth-order valence-corrected chi connectivity index (χ4v) is 6.12. The summed E-state index contributed by atoms with van der Waals surface area (Å²) in [7, 11) is -1.79. The Balaban J connectivity index is 1.40. The van der Waals surface area contributed by atoms with E-state index in [4.69, 9.17) is 9.57 Å². The molecule has 1 aliphatic rings. The predicted molar refractivity (Wildman–Crippen MR) is 142 cm³/mol. The van der Waals surface area contributed by atoms with Gasteiger partial charge < -0.3 is 14.9 Å². The molecule has 3 aromatic heterocycles. The van der Waals surface area contributed by atoms with Gasteiger partial charge in [-0.1, -0.05) is 28.6 Å². The van der Waals surface area contributed by atoms with Crippen LogP contribution in [0, 0.1) is 0 Å². The highest BCUT2D eigenvalue weighted by Gasteiger charge is 2.31. The molecule has 4 heterocycles. The molecule has 0 unspecified atom stereocenters. The highest BCUT2D eigenvalue weighted by molar-refractivity contribution is 7.92. The van der Waals surface area contributed by atoms with Crippen LogP contribution in [0.1, 0.15) is 17.8 Å². The van der Waals surface area contributed by atoms with E-state index in [0.29, 0.717) is 45.7 Å². The molecule has 1 amide bonds. The molecule has 1 aliphatic heterocycles. The molecule has 1 aromatic carbocycles. The van der Waals surface area contributed by atoms with Crippen molar-refractivity contribution in [3.8, 4) is 0 Å². The number of oxime groups is 1. The van der Waals surface area contributed by atoms with Gasteiger partial charge in [-0.2, -0.15) is 0 Å². The summed E-state index contributed by atoms with van der Waals surface area (Å²) < 4.78 is 31.0. The number of thiazole rings is 1. The number of hydrogen-bond donors (Lipinski definition) is 2. The molecule has 196 valence electrons. The number of fused-ring (bicyclic) bond motifs is 1.